The Morgan fingerprint density at radius 2 is 1.86 bits per heavy atom. The van der Waals surface area contributed by atoms with Gasteiger partial charge in [0.15, 0.2) is 5.54 Å². The van der Waals surface area contributed by atoms with Crippen molar-refractivity contribution in [3.05, 3.63) is 70.9 Å². The zero-order valence-electron chi connectivity index (χ0n) is 20.6. The van der Waals surface area contributed by atoms with Gasteiger partial charge >= 0.3 is 12.2 Å². The van der Waals surface area contributed by atoms with Gasteiger partial charge in [-0.3, -0.25) is 9.59 Å². The fourth-order valence-corrected chi connectivity index (χ4v) is 5.53. The third kappa shape index (κ3) is 3.86. The molecule has 0 spiro atoms. The van der Waals surface area contributed by atoms with Crippen molar-refractivity contribution >= 4 is 28.7 Å². The minimum Gasteiger partial charge on any atom is -0.356 e. The van der Waals surface area contributed by atoms with Crippen molar-refractivity contribution in [2.24, 2.45) is 5.92 Å². The van der Waals surface area contributed by atoms with Crippen LogP contribution in [0.15, 0.2) is 48.5 Å². The van der Waals surface area contributed by atoms with Gasteiger partial charge in [-0.2, -0.15) is 13.2 Å². The summed E-state index contributed by atoms with van der Waals surface area (Å²) < 4.78 is 39.2. The summed E-state index contributed by atoms with van der Waals surface area (Å²) in [7, 11) is 0. The zero-order chi connectivity index (χ0) is 26.7. The van der Waals surface area contributed by atoms with Crippen LogP contribution in [0.5, 0.6) is 0 Å². The van der Waals surface area contributed by atoms with E-state index in [1.54, 1.807) is 20.8 Å². The van der Waals surface area contributed by atoms with E-state index in [-0.39, 0.29) is 12.1 Å². The van der Waals surface area contributed by atoms with Gasteiger partial charge in [-0.15, -0.1) is 0 Å². The van der Waals surface area contributed by atoms with Gasteiger partial charge in [0.05, 0.1) is 11.3 Å². The molecule has 0 bridgehead atoms. The van der Waals surface area contributed by atoms with Crippen molar-refractivity contribution in [3.8, 4) is 0 Å². The molecule has 5 rings (SSSR count). The molecule has 4 amide bonds. The molecule has 2 atom stereocenters. The lowest BCUT2D eigenvalue weighted by atomic mass is 9.86. The lowest BCUT2D eigenvalue weighted by Crippen LogP contribution is -2.53. The molecule has 2 N–H and O–H groups in total. The third-order valence-corrected chi connectivity index (χ3v) is 7.40. The average molecular weight is 513 g/mol. The number of hydrogen-bond donors (Lipinski definition) is 2. The summed E-state index contributed by atoms with van der Waals surface area (Å²) in [5.41, 5.74) is 0.645. The lowest BCUT2D eigenvalue weighted by molar-refractivity contribution is -0.141. The number of rotatable bonds is 5. The van der Waals surface area contributed by atoms with Gasteiger partial charge in [-0.1, -0.05) is 44.2 Å². The van der Waals surface area contributed by atoms with Crippen molar-refractivity contribution in [3.63, 3.8) is 0 Å². The van der Waals surface area contributed by atoms with Crippen LogP contribution < -0.4 is 5.32 Å². The largest absolute Gasteiger partial charge is 0.416 e. The van der Waals surface area contributed by atoms with Crippen LogP contribution in [-0.4, -0.2) is 45.2 Å². The highest BCUT2D eigenvalue weighted by atomic mass is 19.4. The number of carbonyl (C=O) groups excluding carboxylic acids is 3. The molecule has 2 aliphatic rings. The minimum atomic E-state index is -4.50. The molecule has 0 saturated carbocycles. The van der Waals surface area contributed by atoms with Gasteiger partial charge in [-0.05, 0) is 48.6 Å². The molecule has 0 aliphatic carbocycles. The number of nitrogens with zero attached hydrogens (tertiary/aromatic N) is 2. The van der Waals surface area contributed by atoms with E-state index in [0.29, 0.717) is 18.7 Å². The van der Waals surface area contributed by atoms with Crippen LogP contribution in [0.25, 0.3) is 10.9 Å². The number of halogens is 3. The first-order valence-corrected chi connectivity index (χ1v) is 12.1. The standard InChI is InChI=1S/C27H27F3N4O3/c1-15(2)21(23(35)31-14-16-7-6-8-17(13-16)27(28,29)30)34-24(36)26(3)22-19(11-12-33(26)25(34)37)18-9-4-5-10-20(18)32-22/h4-10,13,15,21,32H,11-12,14H2,1-3H3,(H,31,35). The van der Waals surface area contributed by atoms with E-state index in [0.717, 1.165) is 33.5 Å². The van der Waals surface area contributed by atoms with Crippen LogP contribution in [-0.2, 0) is 34.3 Å². The number of fused-ring (bicyclic) bond motifs is 5. The third-order valence-electron chi connectivity index (χ3n) is 7.40. The summed E-state index contributed by atoms with van der Waals surface area (Å²) in [5.74, 6) is -1.53. The molecule has 3 heterocycles. The number of benzene rings is 2. The lowest BCUT2D eigenvalue weighted by Gasteiger charge is -2.36. The second kappa shape index (κ2) is 8.64. The smallest absolute Gasteiger partial charge is 0.356 e. The maximum atomic E-state index is 13.9. The quantitative estimate of drug-likeness (QED) is 0.492. The molecule has 2 aliphatic heterocycles. The average Bonchev–Trinajstić information content (AvgIpc) is 3.32. The van der Waals surface area contributed by atoms with Crippen LogP contribution in [0.4, 0.5) is 18.0 Å². The Kier molecular flexibility index (Phi) is 5.80. The van der Waals surface area contributed by atoms with Crippen LogP contribution in [0, 0.1) is 5.92 Å². The summed E-state index contributed by atoms with van der Waals surface area (Å²) in [6.45, 7) is 5.29. The Hall–Kier alpha value is -3.82. The highest BCUT2D eigenvalue weighted by molar-refractivity contribution is 6.11. The van der Waals surface area contributed by atoms with E-state index in [1.165, 1.54) is 17.0 Å². The van der Waals surface area contributed by atoms with Crippen LogP contribution >= 0.6 is 0 Å². The van der Waals surface area contributed by atoms with Gasteiger partial charge < -0.3 is 15.2 Å². The topological polar surface area (TPSA) is 85.5 Å². The van der Waals surface area contributed by atoms with Crippen molar-refractivity contribution in [2.45, 2.75) is 51.5 Å². The van der Waals surface area contributed by atoms with Crippen LogP contribution in [0.2, 0.25) is 0 Å². The Balaban J connectivity index is 1.43. The molecule has 0 radical (unpaired) electrons. The number of nitrogens with one attached hydrogen (secondary N) is 2. The van der Waals surface area contributed by atoms with E-state index in [9.17, 15) is 27.6 Å². The highest BCUT2D eigenvalue weighted by Crippen LogP contribution is 2.45. The van der Waals surface area contributed by atoms with E-state index in [2.05, 4.69) is 10.3 Å². The van der Waals surface area contributed by atoms with E-state index in [1.807, 2.05) is 24.3 Å². The number of aromatic amines is 1. The van der Waals surface area contributed by atoms with Crippen molar-refractivity contribution in [2.75, 3.05) is 6.54 Å². The first kappa shape index (κ1) is 24.9. The van der Waals surface area contributed by atoms with Gasteiger partial charge in [0, 0.05) is 24.0 Å². The number of para-hydroxylation sites is 1. The van der Waals surface area contributed by atoms with Crippen LogP contribution in [0.3, 0.4) is 0 Å². The predicted molar refractivity (Wildman–Crippen MR) is 130 cm³/mol. The maximum Gasteiger partial charge on any atom is 0.416 e. The summed E-state index contributed by atoms with van der Waals surface area (Å²) in [4.78, 5) is 46.7. The predicted octanol–water partition coefficient (Wildman–Crippen LogP) is 4.56. The molecule has 2 aromatic carbocycles. The van der Waals surface area contributed by atoms with Gasteiger partial charge in [0.25, 0.3) is 5.91 Å². The van der Waals surface area contributed by atoms with Crippen molar-refractivity contribution in [1.29, 1.82) is 0 Å². The van der Waals surface area contributed by atoms with Crippen molar-refractivity contribution in [1.82, 2.24) is 20.1 Å². The first-order chi connectivity index (χ1) is 17.4. The number of urea groups is 1. The van der Waals surface area contributed by atoms with Gasteiger partial charge in [0.2, 0.25) is 5.91 Å². The first-order valence-electron chi connectivity index (χ1n) is 12.1. The highest BCUT2D eigenvalue weighted by Gasteiger charge is 2.61. The molecule has 37 heavy (non-hydrogen) atoms. The minimum absolute atomic E-state index is 0.171. The molecule has 2 unspecified atom stereocenters. The summed E-state index contributed by atoms with van der Waals surface area (Å²) in [6, 6.07) is 10.7. The number of alkyl halides is 3. The second-order valence-corrected chi connectivity index (χ2v) is 10.1. The van der Waals surface area contributed by atoms with Crippen molar-refractivity contribution < 1.29 is 27.6 Å². The number of hydrogen-bond acceptors (Lipinski definition) is 3. The molecule has 10 heteroatoms. The number of aromatic nitrogens is 1. The normalized spacial score (nSPS) is 20.4. The van der Waals surface area contributed by atoms with Crippen LogP contribution in [0.1, 0.15) is 43.2 Å². The number of amides is 4. The second-order valence-electron chi connectivity index (χ2n) is 10.1. The van der Waals surface area contributed by atoms with Gasteiger partial charge in [0.1, 0.15) is 6.04 Å². The Labute approximate surface area is 211 Å². The Morgan fingerprint density at radius 1 is 1.14 bits per heavy atom. The molecule has 194 valence electrons. The summed E-state index contributed by atoms with van der Waals surface area (Å²) in [6.07, 6.45) is -3.94. The number of H-pyrrole nitrogens is 1. The SMILES string of the molecule is CC(C)C(C(=O)NCc1cccc(C(F)(F)F)c1)N1C(=O)N2CCc3c([nH]c4ccccc34)C2(C)C1=O. The van der Waals surface area contributed by atoms with E-state index in [4.69, 9.17) is 0 Å². The monoisotopic (exact) mass is 512 g/mol. The molecule has 3 aromatic rings. The molecule has 1 fully saturated rings. The fourth-order valence-electron chi connectivity index (χ4n) is 5.53. The fraction of sp³-hybridized carbons (Fsp3) is 0.370. The molecule has 1 saturated heterocycles. The van der Waals surface area contributed by atoms with E-state index >= 15 is 0 Å². The van der Waals surface area contributed by atoms with Gasteiger partial charge in [-0.25, -0.2) is 9.69 Å². The molecule has 7 nitrogen and oxygen atoms in total. The number of imide groups is 1. The van der Waals surface area contributed by atoms with E-state index < -0.39 is 47.1 Å². The summed E-state index contributed by atoms with van der Waals surface area (Å²) >= 11 is 0. The Morgan fingerprint density at radius 3 is 2.57 bits per heavy atom. The maximum absolute atomic E-state index is 13.9. The molecular formula is C27H27F3N4O3. The number of carbonyl (C=O) groups is 3. The summed E-state index contributed by atoms with van der Waals surface area (Å²) in [5, 5.41) is 3.63. The molecule has 1 aromatic heterocycles. The Bertz CT molecular complexity index is 1410. The molecular weight excluding hydrogens is 485 g/mol. The zero-order valence-corrected chi connectivity index (χ0v) is 20.6.